The van der Waals surface area contributed by atoms with Gasteiger partial charge in [0.2, 0.25) is 0 Å². The van der Waals surface area contributed by atoms with E-state index in [0.29, 0.717) is 32.0 Å². The predicted octanol–water partition coefficient (Wildman–Crippen LogP) is -1.02. The Bertz CT molecular complexity index is 383. The second-order valence-electron chi connectivity index (χ2n) is 3.65. The lowest BCUT2D eigenvalue weighted by molar-refractivity contribution is 0.0125. The maximum atomic E-state index is 11.8. The molecule has 1 saturated heterocycles. The molecule has 1 aliphatic rings. The molecule has 16 heavy (non-hydrogen) atoms. The third-order valence-corrected chi connectivity index (χ3v) is 2.34. The molecule has 1 fully saturated rings. The van der Waals surface area contributed by atoms with Crippen LogP contribution in [0, 0.1) is 0 Å². The number of ether oxygens (including phenoxy) is 1. The summed E-state index contributed by atoms with van der Waals surface area (Å²) in [6.45, 7) is 2.60. The summed E-state index contributed by atoms with van der Waals surface area (Å²) in [4.78, 5) is 11.8. The van der Waals surface area contributed by atoms with Crippen molar-refractivity contribution in [1.29, 1.82) is 0 Å². The van der Waals surface area contributed by atoms with E-state index < -0.39 is 0 Å². The number of aryl methyl sites for hydroxylation is 1. The molecule has 0 aliphatic carbocycles. The molecular weight excluding hydrogens is 210 g/mol. The van der Waals surface area contributed by atoms with Crippen LogP contribution in [0.4, 0.5) is 5.69 Å². The Morgan fingerprint density at radius 1 is 1.56 bits per heavy atom. The van der Waals surface area contributed by atoms with Gasteiger partial charge in [-0.15, -0.1) is 0 Å². The average Bonchev–Trinajstić information content (AvgIpc) is 2.59. The minimum atomic E-state index is -0.278. The number of carbonyl (C=O) groups excluding carboxylic acids is 1. The van der Waals surface area contributed by atoms with E-state index in [4.69, 9.17) is 10.5 Å². The van der Waals surface area contributed by atoms with Crippen LogP contribution in [0.1, 0.15) is 10.5 Å². The number of morpholine rings is 1. The molecule has 1 amide bonds. The number of nitrogens with zero attached hydrogens (tertiary/aromatic N) is 3. The summed E-state index contributed by atoms with van der Waals surface area (Å²) >= 11 is 0. The largest absolute Gasteiger partial charge is 0.396 e. The number of anilines is 1. The van der Waals surface area contributed by atoms with E-state index in [1.165, 1.54) is 4.68 Å². The summed E-state index contributed by atoms with van der Waals surface area (Å²) in [6, 6.07) is 0. The Balaban J connectivity index is 1.99. The van der Waals surface area contributed by atoms with E-state index >= 15 is 0 Å². The van der Waals surface area contributed by atoms with E-state index in [-0.39, 0.29) is 11.6 Å². The third-order valence-electron chi connectivity index (χ3n) is 2.34. The van der Waals surface area contributed by atoms with Crippen molar-refractivity contribution in [2.24, 2.45) is 7.05 Å². The van der Waals surface area contributed by atoms with Crippen molar-refractivity contribution in [3.8, 4) is 0 Å². The Morgan fingerprint density at radius 2 is 2.25 bits per heavy atom. The Hall–Kier alpha value is -1.60. The van der Waals surface area contributed by atoms with Crippen LogP contribution in [0.25, 0.3) is 0 Å². The standard InChI is InChI=1S/C9H15N5O2/c1-13-6-7(10)8(11-13)9(15)12-14-2-4-16-5-3-14/h6H,2-5,10H2,1H3,(H,12,15). The topological polar surface area (TPSA) is 85.4 Å². The molecular formula is C9H15N5O2. The lowest BCUT2D eigenvalue weighted by Crippen LogP contribution is -2.48. The van der Waals surface area contributed by atoms with Crippen LogP contribution in [-0.4, -0.2) is 47.0 Å². The molecule has 1 aromatic heterocycles. The van der Waals surface area contributed by atoms with Gasteiger partial charge in [-0.3, -0.25) is 14.9 Å². The summed E-state index contributed by atoms with van der Waals surface area (Å²) in [5, 5.41) is 5.80. The zero-order chi connectivity index (χ0) is 11.5. The number of hydrogen-bond donors (Lipinski definition) is 2. The molecule has 1 aliphatic heterocycles. The first kappa shape index (κ1) is 10.9. The monoisotopic (exact) mass is 225 g/mol. The zero-order valence-corrected chi connectivity index (χ0v) is 9.14. The minimum Gasteiger partial charge on any atom is -0.396 e. The molecule has 7 heteroatoms. The molecule has 0 bridgehead atoms. The summed E-state index contributed by atoms with van der Waals surface area (Å²) < 4.78 is 6.69. The average molecular weight is 225 g/mol. The molecule has 2 heterocycles. The maximum Gasteiger partial charge on any atom is 0.288 e. The van der Waals surface area contributed by atoms with Crippen molar-refractivity contribution in [2.75, 3.05) is 32.0 Å². The molecule has 0 spiro atoms. The highest BCUT2D eigenvalue weighted by Crippen LogP contribution is 2.07. The van der Waals surface area contributed by atoms with Gasteiger partial charge in [-0.05, 0) is 0 Å². The molecule has 2 rings (SSSR count). The second kappa shape index (κ2) is 4.50. The molecule has 0 unspecified atom stereocenters. The van der Waals surface area contributed by atoms with E-state index in [2.05, 4.69) is 10.5 Å². The predicted molar refractivity (Wildman–Crippen MR) is 57.5 cm³/mol. The molecule has 0 saturated carbocycles. The van der Waals surface area contributed by atoms with Gasteiger partial charge in [0.05, 0.1) is 18.9 Å². The van der Waals surface area contributed by atoms with Gasteiger partial charge in [-0.1, -0.05) is 0 Å². The number of nitrogens with one attached hydrogen (secondary N) is 1. The molecule has 0 atom stereocenters. The number of nitrogen functional groups attached to an aromatic ring is 1. The lowest BCUT2D eigenvalue weighted by Gasteiger charge is -2.26. The zero-order valence-electron chi connectivity index (χ0n) is 9.14. The lowest BCUT2D eigenvalue weighted by atomic mass is 10.3. The van der Waals surface area contributed by atoms with Gasteiger partial charge in [0.1, 0.15) is 0 Å². The van der Waals surface area contributed by atoms with E-state index in [9.17, 15) is 4.79 Å². The highest BCUT2D eigenvalue weighted by molar-refractivity contribution is 5.96. The Morgan fingerprint density at radius 3 is 2.81 bits per heavy atom. The van der Waals surface area contributed by atoms with Gasteiger partial charge in [0, 0.05) is 26.3 Å². The number of hydrogen-bond acceptors (Lipinski definition) is 5. The molecule has 0 radical (unpaired) electrons. The molecule has 7 nitrogen and oxygen atoms in total. The first-order valence-electron chi connectivity index (χ1n) is 5.09. The molecule has 88 valence electrons. The maximum absolute atomic E-state index is 11.8. The minimum absolute atomic E-state index is 0.258. The summed E-state index contributed by atoms with van der Waals surface area (Å²) in [6.07, 6.45) is 1.61. The van der Waals surface area contributed by atoms with Gasteiger partial charge < -0.3 is 10.5 Å². The number of amides is 1. The van der Waals surface area contributed by atoms with Crippen molar-refractivity contribution in [3.63, 3.8) is 0 Å². The van der Waals surface area contributed by atoms with Crippen LogP contribution in [0.3, 0.4) is 0 Å². The SMILES string of the molecule is Cn1cc(N)c(C(=O)NN2CCOCC2)n1. The fourth-order valence-electron chi connectivity index (χ4n) is 1.55. The summed E-state index contributed by atoms with van der Waals surface area (Å²) in [7, 11) is 1.72. The van der Waals surface area contributed by atoms with Crippen LogP contribution < -0.4 is 11.2 Å². The number of aromatic nitrogens is 2. The van der Waals surface area contributed by atoms with Gasteiger partial charge in [-0.25, -0.2) is 5.01 Å². The summed E-state index contributed by atoms with van der Waals surface area (Å²) in [5.74, 6) is -0.278. The van der Waals surface area contributed by atoms with Crippen molar-refractivity contribution in [1.82, 2.24) is 20.2 Å². The quantitative estimate of drug-likeness (QED) is 0.673. The highest BCUT2D eigenvalue weighted by Gasteiger charge is 2.18. The van der Waals surface area contributed by atoms with Crippen LogP contribution in [-0.2, 0) is 11.8 Å². The normalized spacial score (nSPS) is 17.3. The number of rotatable bonds is 2. The van der Waals surface area contributed by atoms with Crippen LogP contribution in [0.5, 0.6) is 0 Å². The van der Waals surface area contributed by atoms with Crippen molar-refractivity contribution >= 4 is 11.6 Å². The van der Waals surface area contributed by atoms with E-state index in [0.717, 1.165) is 0 Å². The molecule has 1 aromatic rings. The Labute approximate surface area is 93.1 Å². The third kappa shape index (κ3) is 2.31. The van der Waals surface area contributed by atoms with E-state index in [1.54, 1.807) is 18.3 Å². The fourth-order valence-corrected chi connectivity index (χ4v) is 1.55. The van der Waals surface area contributed by atoms with Gasteiger partial charge in [0.25, 0.3) is 5.91 Å². The smallest absolute Gasteiger partial charge is 0.288 e. The van der Waals surface area contributed by atoms with Gasteiger partial charge in [-0.2, -0.15) is 5.10 Å². The number of hydrazine groups is 1. The number of carbonyl (C=O) groups is 1. The van der Waals surface area contributed by atoms with Crippen LogP contribution in [0.15, 0.2) is 6.20 Å². The van der Waals surface area contributed by atoms with Gasteiger partial charge in [0.15, 0.2) is 5.69 Å². The number of nitrogens with two attached hydrogens (primary N) is 1. The van der Waals surface area contributed by atoms with Gasteiger partial charge >= 0.3 is 0 Å². The first-order valence-corrected chi connectivity index (χ1v) is 5.09. The summed E-state index contributed by atoms with van der Waals surface area (Å²) in [5.41, 5.74) is 9.05. The molecule has 0 aromatic carbocycles. The van der Waals surface area contributed by atoms with E-state index in [1.807, 2.05) is 0 Å². The van der Waals surface area contributed by atoms with Crippen LogP contribution >= 0.6 is 0 Å². The van der Waals surface area contributed by atoms with Crippen LogP contribution in [0.2, 0.25) is 0 Å². The second-order valence-corrected chi connectivity index (χ2v) is 3.65. The molecule has 3 N–H and O–H groups in total. The Kier molecular flexibility index (Phi) is 3.07. The highest BCUT2D eigenvalue weighted by atomic mass is 16.5. The first-order chi connectivity index (χ1) is 7.66. The fraction of sp³-hybridized carbons (Fsp3) is 0.556. The van der Waals surface area contributed by atoms with Crippen molar-refractivity contribution in [2.45, 2.75) is 0 Å². The van der Waals surface area contributed by atoms with Crippen molar-refractivity contribution < 1.29 is 9.53 Å². The van der Waals surface area contributed by atoms with Crippen molar-refractivity contribution in [3.05, 3.63) is 11.9 Å².